The van der Waals surface area contributed by atoms with Crippen LogP contribution in [0.15, 0.2) is 6.07 Å². The number of nitrogens with zero attached hydrogens (tertiary/aromatic N) is 2. The first-order valence-corrected chi connectivity index (χ1v) is 7.43. The van der Waals surface area contributed by atoms with Crippen LogP contribution in [-0.4, -0.2) is 23.1 Å². The molecule has 1 saturated carbocycles. The molecule has 1 aromatic rings. The Labute approximate surface area is 122 Å². The van der Waals surface area contributed by atoms with E-state index in [-0.39, 0.29) is 11.6 Å². The predicted octanol–water partition coefficient (Wildman–Crippen LogP) is 3.92. The summed E-state index contributed by atoms with van der Waals surface area (Å²) in [6, 6.07) is 1.53. The van der Waals surface area contributed by atoms with Gasteiger partial charge in [-0.25, -0.2) is 9.97 Å². The Morgan fingerprint density at radius 3 is 2.29 bits per heavy atom. The van der Waals surface area contributed by atoms with Crippen molar-refractivity contribution < 1.29 is 13.2 Å². The van der Waals surface area contributed by atoms with Gasteiger partial charge >= 0.3 is 6.18 Å². The largest absolute Gasteiger partial charge is 0.451 e. The molecule has 7 heteroatoms. The van der Waals surface area contributed by atoms with E-state index in [9.17, 15) is 13.2 Å². The Hall–Kier alpha value is -1.53. The lowest BCUT2D eigenvalue weighted by atomic mass is 9.89. The third kappa shape index (κ3) is 4.75. The lowest BCUT2D eigenvalue weighted by molar-refractivity contribution is -0.144. The van der Waals surface area contributed by atoms with Crippen molar-refractivity contribution in [2.45, 2.75) is 45.2 Å². The second kappa shape index (κ2) is 6.95. The number of rotatable bonds is 5. The van der Waals surface area contributed by atoms with Crippen molar-refractivity contribution in [3.8, 4) is 0 Å². The molecule has 1 heterocycles. The monoisotopic (exact) mass is 302 g/mol. The van der Waals surface area contributed by atoms with Crippen LogP contribution >= 0.6 is 0 Å². The summed E-state index contributed by atoms with van der Waals surface area (Å²) in [5, 5.41) is 5.84. The zero-order valence-corrected chi connectivity index (χ0v) is 12.1. The lowest BCUT2D eigenvalue weighted by Crippen LogP contribution is -2.20. The fourth-order valence-corrected chi connectivity index (χ4v) is 2.58. The van der Waals surface area contributed by atoms with Gasteiger partial charge in [-0.15, -0.1) is 0 Å². The van der Waals surface area contributed by atoms with E-state index in [0.717, 1.165) is 12.8 Å². The van der Waals surface area contributed by atoms with E-state index in [1.807, 2.05) is 6.92 Å². The van der Waals surface area contributed by atoms with Crippen LogP contribution in [-0.2, 0) is 6.18 Å². The molecule has 1 aliphatic rings. The lowest BCUT2D eigenvalue weighted by Gasteiger charge is -2.22. The van der Waals surface area contributed by atoms with Crippen molar-refractivity contribution in [3.05, 3.63) is 11.9 Å². The van der Waals surface area contributed by atoms with Crippen molar-refractivity contribution in [2.75, 3.05) is 23.7 Å². The van der Waals surface area contributed by atoms with Gasteiger partial charge in [0.15, 0.2) is 0 Å². The summed E-state index contributed by atoms with van der Waals surface area (Å²) in [5.74, 6) is -0.150. The van der Waals surface area contributed by atoms with Gasteiger partial charge in [0, 0.05) is 19.2 Å². The third-order valence-corrected chi connectivity index (χ3v) is 3.63. The molecule has 1 aliphatic carbocycles. The van der Waals surface area contributed by atoms with Gasteiger partial charge in [0.05, 0.1) is 0 Å². The van der Waals surface area contributed by atoms with Gasteiger partial charge in [0.2, 0.25) is 5.82 Å². The fourth-order valence-electron chi connectivity index (χ4n) is 2.58. The SMILES string of the molecule is CCNc1cc(NCC2CCCCC2)nc(C(F)(F)F)n1. The minimum absolute atomic E-state index is 0.200. The molecule has 0 saturated heterocycles. The molecule has 1 fully saturated rings. The average Bonchev–Trinajstić information content (AvgIpc) is 2.45. The highest BCUT2D eigenvalue weighted by atomic mass is 19.4. The van der Waals surface area contributed by atoms with Gasteiger partial charge in [-0.05, 0) is 25.7 Å². The molecule has 1 aromatic heterocycles. The molecule has 0 aliphatic heterocycles. The molecule has 0 atom stereocenters. The summed E-state index contributed by atoms with van der Waals surface area (Å²) >= 11 is 0. The van der Waals surface area contributed by atoms with Crippen molar-refractivity contribution >= 4 is 11.6 Å². The Balaban J connectivity index is 2.07. The van der Waals surface area contributed by atoms with E-state index in [0.29, 0.717) is 19.0 Å². The first kappa shape index (κ1) is 15.9. The zero-order valence-electron chi connectivity index (χ0n) is 12.1. The quantitative estimate of drug-likeness (QED) is 0.865. The van der Waals surface area contributed by atoms with Crippen molar-refractivity contribution in [1.82, 2.24) is 9.97 Å². The number of hydrogen-bond donors (Lipinski definition) is 2. The highest BCUT2D eigenvalue weighted by Crippen LogP contribution is 2.29. The molecule has 4 nitrogen and oxygen atoms in total. The van der Waals surface area contributed by atoms with Gasteiger partial charge < -0.3 is 10.6 Å². The van der Waals surface area contributed by atoms with Gasteiger partial charge in [-0.3, -0.25) is 0 Å². The van der Waals surface area contributed by atoms with Crippen LogP contribution < -0.4 is 10.6 Å². The Morgan fingerprint density at radius 1 is 1.10 bits per heavy atom. The standard InChI is InChI=1S/C14H21F3N4/c1-2-18-11-8-12(21-13(20-11)14(15,16)17)19-9-10-6-4-3-5-7-10/h8,10H,2-7,9H2,1H3,(H2,18,19,20,21). The van der Waals surface area contributed by atoms with E-state index >= 15 is 0 Å². The summed E-state index contributed by atoms with van der Waals surface area (Å²) in [6.45, 7) is 2.99. The van der Waals surface area contributed by atoms with E-state index < -0.39 is 12.0 Å². The first-order chi connectivity index (χ1) is 9.99. The predicted molar refractivity (Wildman–Crippen MR) is 76.3 cm³/mol. The summed E-state index contributed by atoms with van der Waals surface area (Å²) in [7, 11) is 0. The number of nitrogens with one attached hydrogen (secondary N) is 2. The van der Waals surface area contributed by atoms with Crippen LogP contribution in [0.3, 0.4) is 0 Å². The molecule has 118 valence electrons. The summed E-state index contributed by atoms with van der Waals surface area (Å²) in [5.41, 5.74) is 0. The third-order valence-electron chi connectivity index (χ3n) is 3.63. The molecule has 0 spiro atoms. The average molecular weight is 302 g/mol. The second-order valence-corrected chi connectivity index (χ2v) is 5.38. The maximum absolute atomic E-state index is 12.8. The van der Waals surface area contributed by atoms with E-state index in [2.05, 4.69) is 20.6 Å². The van der Waals surface area contributed by atoms with Crippen LogP contribution in [0.25, 0.3) is 0 Å². The van der Waals surface area contributed by atoms with Crippen LogP contribution in [0.4, 0.5) is 24.8 Å². The number of hydrogen-bond acceptors (Lipinski definition) is 4. The minimum atomic E-state index is -4.54. The fraction of sp³-hybridized carbons (Fsp3) is 0.714. The van der Waals surface area contributed by atoms with Gasteiger partial charge in [0.1, 0.15) is 11.6 Å². The maximum atomic E-state index is 12.8. The van der Waals surface area contributed by atoms with Crippen molar-refractivity contribution in [2.24, 2.45) is 5.92 Å². The number of alkyl halides is 3. The molecule has 2 rings (SSSR count). The van der Waals surface area contributed by atoms with E-state index in [1.54, 1.807) is 0 Å². The molecule has 0 aromatic carbocycles. The van der Waals surface area contributed by atoms with Gasteiger partial charge in [-0.2, -0.15) is 13.2 Å². The highest BCUT2D eigenvalue weighted by molar-refractivity contribution is 5.47. The Morgan fingerprint density at radius 2 is 1.71 bits per heavy atom. The number of aromatic nitrogens is 2. The van der Waals surface area contributed by atoms with Crippen molar-refractivity contribution in [1.29, 1.82) is 0 Å². The Kier molecular flexibility index (Phi) is 5.25. The van der Waals surface area contributed by atoms with Crippen LogP contribution in [0.2, 0.25) is 0 Å². The van der Waals surface area contributed by atoms with E-state index in [1.165, 1.54) is 25.3 Å². The normalized spacial score (nSPS) is 16.8. The number of anilines is 2. The summed E-state index contributed by atoms with van der Waals surface area (Å²) in [4.78, 5) is 7.09. The minimum Gasteiger partial charge on any atom is -0.370 e. The Bertz CT molecular complexity index is 456. The molecule has 21 heavy (non-hydrogen) atoms. The second-order valence-electron chi connectivity index (χ2n) is 5.38. The topological polar surface area (TPSA) is 49.8 Å². The smallest absolute Gasteiger partial charge is 0.370 e. The molecule has 2 N–H and O–H groups in total. The van der Waals surface area contributed by atoms with Crippen LogP contribution in [0.1, 0.15) is 44.9 Å². The summed E-state index contributed by atoms with van der Waals surface area (Å²) in [6.07, 6.45) is 1.38. The molecular weight excluding hydrogens is 281 g/mol. The molecule has 0 amide bonds. The molecule has 0 bridgehead atoms. The van der Waals surface area contributed by atoms with Crippen LogP contribution in [0.5, 0.6) is 0 Å². The maximum Gasteiger partial charge on any atom is 0.451 e. The summed E-state index contributed by atoms with van der Waals surface area (Å²) < 4.78 is 38.4. The van der Waals surface area contributed by atoms with Crippen molar-refractivity contribution in [3.63, 3.8) is 0 Å². The molecule has 0 radical (unpaired) electrons. The van der Waals surface area contributed by atoms with Crippen LogP contribution in [0, 0.1) is 5.92 Å². The first-order valence-electron chi connectivity index (χ1n) is 7.43. The zero-order chi connectivity index (χ0) is 15.3. The van der Waals surface area contributed by atoms with Gasteiger partial charge in [-0.1, -0.05) is 19.3 Å². The number of halogens is 3. The molecular formula is C14H21F3N4. The van der Waals surface area contributed by atoms with Gasteiger partial charge in [0.25, 0.3) is 0 Å². The highest BCUT2D eigenvalue weighted by Gasteiger charge is 2.35. The molecule has 0 unspecified atom stereocenters. The van der Waals surface area contributed by atoms with E-state index in [4.69, 9.17) is 0 Å².